The van der Waals surface area contributed by atoms with Crippen molar-refractivity contribution in [3.63, 3.8) is 0 Å². The number of amides is 2. The van der Waals surface area contributed by atoms with Crippen molar-refractivity contribution in [2.75, 3.05) is 6.54 Å². The van der Waals surface area contributed by atoms with Gasteiger partial charge in [0.2, 0.25) is 0 Å². The van der Waals surface area contributed by atoms with Crippen molar-refractivity contribution in [2.45, 2.75) is 0 Å². The van der Waals surface area contributed by atoms with Crippen LogP contribution in [0.1, 0.15) is 20.7 Å². The number of nitrogens with zero attached hydrogens (tertiary/aromatic N) is 1. The van der Waals surface area contributed by atoms with E-state index in [1.54, 1.807) is 12.1 Å². The van der Waals surface area contributed by atoms with E-state index >= 15 is 0 Å². The van der Waals surface area contributed by atoms with Gasteiger partial charge in [-0.1, -0.05) is 121 Å². The summed E-state index contributed by atoms with van der Waals surface area (Å²) >= 11 is 0. The Morgan fingerprint density at radius 1 is 0.579 bits per heavy atom. The smallest absolute Gasteiger partial charge is 0.269 e. The Bertz CT molecular complexity index is 1450. The number of rotatable bonds is 4. The first-order valence-corrected chi connectivity index (χ1v) is 13.3. The maximum atomic E-state index is 12.2. The molecule has 1 aliphatic rings. The summed E-state index contributed by atoms with van der Waals surface area (Å²) in [5.74, 6) is 1.71. The number of hydrogen-bond donors (Lipinski definition) is 0. The van der Waals surface area contributed by atoms with E-state index < -0.39 is 7.92 Å². The van der Waals surface area contributed by atoms with E-state index in [1.165, 1.54) is 15.9 Å². The molecular weight excluding hydrogens is 670 g/mol. The van der Waals surface area contributed by atoms with Crippen LogP contribution >= 0.6 is 7.92 Å². The van der Waals surface area contributed by atoms with Gasteiger partial charge in [-0.2, -0.15) is 0 Å². The van der Waals surface area contributed by atoms with Crippen molar-refractivity contribution in [1.82, 2.24) is 4.90 Å². The van der Waals surface area contributed by atoms with E-state index in [4.69, 9.17) is 6.42 Å². The van der Waals surface area contributed by atoms with Crippen LogP contribution in [0.25, 0.3) is 10.8 Å². The van der Waals surface area contributed by atoms with Gasteiger partial charge in [0, 0.05) is 16.5 Å². The third-order valence-electron chi connectivity index (χ3n) is 6.15. The molecule has 0 bridgehead atoms. The van der Waals surface area contributed by atoms with Crippen molar-refractivity contribution >= 4 is 46.4 Å². The molecule has 0 atom stereocenters. The average molecular weight is 695 g/mol. The van der Waals surface area contributed by atoms with Crippen LogP contribution in [-0.2, 0) is 22.4 Å². The van der Waals surface area contributed by atoms with Crippen molar-refractivity contribution in [1.29, 1.82) is 0 Å². The molecule has 6 rings (SSSR count). The fraction of sp³-hybridized carbons (Fsp3) is 0.0303. The van der Waals surface area contributed by atoms with Gasteiger partial charge in [-0.05, 0) is 41.4 Å². The zero-order valence-electron chi connectivity index (χ0n) is 20.4. The minimum atomic E-state index is -0.446. The van der Waals surface area contributed by atoms with Crippen molar-refractivity contribution in [3.05, 3.63) is 139 Å². The van der Waals surface area contributed by atoms with Gasteiger partial charge in [-0.25, -0.2) is 0 Å². The molecule has 5 aromatic carbocycles. The fourth-order valence-corrected chi connectivity index (χ4v) is 6.80. The zero-order chi connectivity index (χ0) is 25.6. The number of imide groups is 1. The molecule has 0 saturated carbocycles. The first-order valence-electron chi connectivity index (χ1n) is 12.0. The topological polar surface area (TPSA) is 37.4 Å². The molecule has 5 heteroatoms. The molecule has 0 spiro atoms. The Balaban J connectivity index is 0.000000173. The predicted molar refractivity (Wildman–Crippen MR) is 153 cm³/mol. The average Bonchev–Trinajstić information content (AvgIpc) is 2.96. The molecule has 3 nitrogen and oxygen atoms in total. The van der Waals surface area contributed by atoms with Gasteiger partial charge in [-0.3, -0.25) is 14.5 Å². The first kappa shape index (κ1) is 27.3. The van der Waals surface area contributed by atoms with E-state index in [0.717, 1.165) is 15.7 Å². The molecule has 1 aliphatic heterocycles. The van der Waals surface area contributed by atoms with Gasteiger partial charge < -0.3 is 0 Å². The van der Waals surface area contributed by atoms with Crippen LogP contribution in [0.3, 0.4) is 0 Å². The molecule has 0 radical (unpaired) electrons. The molecular formula is C33H24AuNO2P+. The summed E-state index contributed by atoms with van der Waals surface area (Å²) in [6, 6.07) is 43.2. The summed E-state index contributed by atoms with van der Waals surface area (Å²) in [4.78, 5) is 25.5. The molecule has 0 N–H and O–H groups in total. The molecule has 0 aromatic heterocycles. The van der Waals surface area contributed by atoms with Crippen LogP contribution in [0.15, 0.2) is 127 Å². The summed E-state index contributed by atoms with van der Waals surface area (Å²) in [5.41, 5.74) is 1.08. The van der Waals surface area contributed by atoms with E-state index in [9.17, 15) is 9.59 Å². The Hall–Kier alpha value is -3.77. The number of benzene rings is 5. The van der Waals surface area contributed by atoms with Crippen LogP contribution in [0.4, 0.5) is 0 Å². The second-order valence-corrected chi connectivity index (χ2v) is 10.7. The summed E-state index contributed by atoms with van der Waals surface area (Å²) in [7, 11) is -0.446. The van der Waals surface area contributed by atoms with Gasteiger partial charge in [0.25, 0.3) is 11.8 Å². The number of hydrogen-bond acceptors (Lipinski definition) is 2. The van der Waals surface area contributed by atoms with Gasteiger partial charge in [0.1, 0.15) is 0 Å². The third kappa shape index (κ3) is 5.55. The molecule has 5 aromatic rings. The molecule has 0 aliphatic carbocycles. The van der Waals surface area contributed by atoms with Gasteiger partial charge >= 0.3 is 22.4 Å². The van der Waals surface area contributed by atoms with Crippen molar-refractivity contribution in [3.8, 4) is 12.3 Å². The molecule has 0 unspecified atom stereocenters. The maximum Gasteiger partial charge on any atom is 1.00 e. The van der Waals surface area contributed by atoms with Crippen molar-refractivity contribution in [2.24, 2.45) is 0 Å². The van der Waals surface area contributed by atoms with Crippen LogP contribution < -0.4 is 15.9 Å². The van der Waals surface area contributed by atoms with E-state index in [-0.39, 0.29) is 40.7 Å². The Morgan fingerprint density at radius 2 is 0.974 bits per heavy atom. The summed E-state index contributed by atoms with van der Waals surface area (Å²) < 4.78 is 0. The zero-order valence-corrected chi connectivity index (χ0v) is 23.5. The second-order valence-electron chi connectivity index (χ2n) is 8.45. The van der Waals surface area contributed by atoms with E-state index in [2.05, 4.69) is 96.9 Å². The van der Waals surface area contributed by atoms with Crippen LogP contribution in [0.5, 0.6) is 0 Å². The molecule has 1 heterocycles. The van der Waals surface area contributed by atoms with Crippen molar-refractivity contribution < 1.29 is 32.0 Å². The number of carbonyl (C=O) groups is 2. The Kier molecular flexibility index (Phi) is 9.08. The third-order valence-corrected chi connectivity index (χ3v) is 8.59. The molecule has 0 saturated heterocycles. The van der Waals surface area contributed by atoms with Gasteiger partial charge in [0.05, 0.1) is 6.54 Å². The normalized spacial score (nSPS) is 11.8. The summed E-state index contributed by atoms with van der Waals surface area (Å²) in [5, 5.41) is 5.81. The fourth-order valence-electron chi connectivity index (χ4n) is 4.49. The second kappa shape index (κ2) is 12.7. The quantitative estimate of drug-likeness (QED) is 0.108. The first-order chi connectivity index (χ1) is 18.2. The molecule has 38 heavy (non-hydrogen) atoms. The standard InChI is InChI=1S/C18H15P.C15H9NO2.Au/c1-4-10-16(11-5-1)19(17-12-6-2-7-13-17)18-14-8-3-9-15-18;1-2-9-16-14(17)11-7-3-5-10-6-4-8-12(13(10)11)15(16)18;/h1-15H;1,3-8H,9H2;/q;;+1. The monoisotopic (exact) mass is 694 g/mol. The largest absolute Gasteiger partial charge is 1.00 e. The summed E-state index contributed by atoms with van der Waals surface area (Å²) in [6.07, 6.45) is 5.21. The Morgan fingerprint density at radius 3 is 1.34 bits per heavy atom. The number of terminal acetylenes is 1. The van der Waals surface area contributed by atoms with Gasteiger partial charge in [0.15, 0.2) is 0 Å². The van der Waals surface area contributed by atoms with Gasteiger partial charge in [-0.15, -0.1) is 6.42 Å². The molecule has 188 valence electrons. The van der Waals surface area contributed by atoms with E-state index in [0.29, 0.717) is 11.1 Å². The molecule has 2 amide bonds. The number of carbonyl (C=O) groups excluding carboxylic acids is 2. The Labute approximate surface area is 239 Å². The molecule has 0 fully saturated rings. The van der Waals surface area contributed by atoms with Crippen LogP contribution in [0.2, 0.25) is 0 Å². The minimum Gasteiger partial charge on any atom is -0.269 e. The van der Waals surface area contributed by atoms with E-state index in [1.807, 2.05) is 24.3 Å². The SMILES string of the molecule is C#CCN1C(=O)c2cccc3cccc(c23)C1=O.[Au+].c1ccc(P(c2ccccc2)c2ccccc2)cc1. The van der Waals surface area contributed by atoms with Crippen LogP contribution in [-0.4, -0.2) is 23.3 Å². The maximum absolute atomic E-state index is 12.2. The minimum absolute atomic E-state index is 0. The van der Waals surface area contributed by atoms with Crippen LogP contribution in [0, 0.1) is 12.3 Å². The summed E-state index contributed by atoms with van der Waals surface area (Å²) in [6.45, 7) is 0.00237. The predicted octanol–water partition coefficient (Wildman–Crippen LogP) is 5.51.